The highest BCUT2D eigenvalue weighted by atomic mass is 79.9. The summed E-state index contributed by atoms with van der Waals surface area (Å²) in [4.78, 5) is 2.38. The van der Waals surface area contributed by atoms with Crippen LogP contribution in [0.1, 0.15) is 44.6 Å². The molecule has 0 heterocycles. The molecule has 1 aliphatic carbocycles. The van der Waals surface area contributed by atoms with Gasteiger partial charge in [0.1, 0.15) is 5.82 Å². The lowest BCUT2D eigenvalue weighted by molar-refractivity contribution is 0.157. The van der Waals surface area contributed by atoms with Crippen LogP contribution in [0.15, 0.2) is 22.7 Å². The normalized spacial score (nSPS) is 23.8. The minimum atomic E-state index is -0.166. The van der Waals surface area contributed by atoms with Gasteiger partial charge in [0.25, 0.3) is 0 Å². The molecule has 0 spiro atoms. The summed E-state index contributed by atoms with van der Waals surface area (Å²) in [5.41, 5.74) is 1.04. The maximum absolute atomic E-state index is 13.5. The zero-order valence-corrected chi connectivity index (χ0v) is 13.4. The highest BCUT2D eigenvalue weighted by Crippen LogP contribution is 2.30. The third-order valence-corrected chi connectivity index (χ3v) is 5.36. The van der Waals surface area contributed by atoms with Crippen LogP contribution in [0.2, 0.25) is 0 Å². The van der Waals surface area contributed by atoms with Gasteiger partial charge in [0.05, 0.1) is 4.47 Å². The van der Waals surface area contributed by atoms with Crippen molar-refractivity contribution in [3.05, 3.63) is 34.1 Å². The van der Waals surface area contributed by atoms with Crippen LogP contribution in [0.4, 0.5) is 4.39 Å². The average molecular weight is 328 g/mol. The summed E-state index contributed by atoms with van der Waals surface area (Å²) in [7, 11) is 2.16. The zero-order chi connectivity index (χ0) is 13.8. The highest BCUT2D eigenvalue weighted by molar-refractivity contribution is 9.10. The molecule has 0 bridgehead atoms. The quantitative estimate of drug-likeness (QED) is 0.753. The van der Waals surface area contributed by atoms with E-state index in [0.29, 0.717) is 10.5 Å². The zero-order valence-electron chi connectivity index (χ0n) is 11.8. The van der Waals surface area contributed by atoms with E-state index in [1.54, 1.807) is 6.07 Å². The SMILES string of the molecule is CCC1CCC(N(C)Cc2cccc(F)c2Br)CC1. The van der Waals surface area contributed by atoms with Crippen LogP contribution < -0.4 is 0 Å². The maximum atomic E-state index is 13.5. The molecule has 0 N–H and O–H groups in total. The molecule has 1 aromatic rings. The molecule has 106 valence electrons. The fourth-order valence-corrected chi connectivity index (χ4v) is 3.45. The third kappa shape index (κ3) is 3.79. The van der Waals surface area contributed by atoms with E-state index in [9.17, 15) is 4.39 Å². The van der Waals surface area contributed by atoms with Gasteiger partial charge in [0.15, 0.2) is 0 Å². The first-order valence-electron chi connectivity index (χ1n) is 7.25. The molecule has 0 amide bonds. The van der Waals surface area contributed by atoms with E-state index in [1.807, 2.05) is 6.07 Å². The van der Waals surface area contributed by atoms with Crippen molar-refractivity contribution in [2.45, 2.75) is 51.6 Å². The van der Waals surface area contributed by atoms with Crippen LogP contribution >= 0.6 is 15.9 Å². The highest BCUT2D eigenvalue weighted by Gasteiger charge is 2.23. The van der Waals surface area contributed by atoms with Crippen molar-refractivity contribution in [3.63, 3.8) is 0 Å². The lowest BCUT2D eigenvalue weighted by Crippen LogP contribution is -2.34. The van der Waals surface area contributed by atoms with Crippen molar-refractivity contribution < 1.29 is 4.39 Å². The molecule has 0 saturated heterocycles. The van der Waals surface area contributed by atoms with Crippen LogP contribution in [0.3, 0.4) is 0 Å². The van der Waals surface area contributed by atoms with Crippen molar-refractivity contribution in [2.24, 2.45) is 5.92 Å². The van der Waals surface area contributed by atoms with Gasteiger partial charge < -0.3 is 0 Å². The van der Waals surface area contributed by atoms with Gasteiger partial charge in [-0.05, 0) is 66.2 Å². The Balaban J connectivity index is 1.94. The molecule has 1 aliphatic rings. The Morgan fingerprint density at radius 2 is 1.95 bits per heavy atom. The summed E-state index contributed by atoms with van der Waals surface area (Å²) in [5, 5.41) is 0. The molecule has 1 nitrogen and oxygen atoms in total. The molecule has 0 aromatic heterocycles. The molecular weight excluding hydrogens is 305 g/mol. The second-order valence-electron chi connectivity index (χ2n) is 5.71. The van der Waals surface area contributed by atoms with Crippen molar-refractivity contribution in [1.82, 2.24) is 4.90 Å². The van der Waals surface area contributed by atoms with E-state index >= 15 is 0 Å². The van der Waals surface area contributed by atoms with Crippen molar-refractivity contribution in [2.75, 3.05) is 7.05 Å². The van der Waals surface area contributed by atoms with Gasteiger partial charge in [0.2, 0.25) is 0 Å². The van der Waals surface area contributed by atoms with Gasteiger partial charge in [-0.1, -0.05) is 25.5 Å². The molecule has 0 unspecified atom stereocenters. The number of benzene rings is 1. The van der Waals surface area contributed by atoms with Gasteiger partial charge in [-0.3, -0.25) is 4.90 Å². The number of nitrogens with zero attached hydrogens (tertiary/aromatic N) is 1. The Morgan fingerprint density at radius 1 is 1.26 bits per heavy atom. The second-order valence-corrected chi connectivity index (χ2v) is 6.50. The summed E-state index contributed by atoms with van der Waals surface area (Å²) in [5.74, 6) is 0.756. The summed E-state index contributed by atoms with van der Waals surface area (Å²) >= 11 is 3.35. The molecule has 0 atom stereocenters. The van der Waals surface area contributed by atoms with E-state index in [1.165, 1.54) is 38.2 Å². The Labute approximate surface area is 124 Å². The van der Waals surface area contributed by atoms with Gasteiger partial charge >= 0.3 is 0 Å². The minimum Gasteiger partial charge on any atom is -0.299 e. The molecule has 3 heteroatoms. The van der Waals surface area contributed by atoms with Gasteiger partial charge in [-0.2, -0.15) is 0 Å². The summed E-state index contributed by atoms with van der Waals surface area (Å²) < 4.78 is 14.1. The summed E-state index contributed by atoms with van der Waals surface area (Å²) in [6.07, 6.45) is 6.56. The number of rotatable bonds is 4. The first kappa shape index (κ1) is 15.0. The number of hydrogen-bond acceptors (Lipinski definition) is 1. The molecular formula is C16H23BrFN. The fourth-order valence-electron chi connectivity index (χ4n) is 3.06. The van der Waals surface area contributed by atoms with E-state index in [2.05, 4.69) is 34.8 Å². The summed E-state index contributed by atoms with van der Waals surface area (Å²) in [6, 6.07) is 5.94. The van der Waals surface area contributed by atoms with Crippen molar-refractivity contribution in [3.8, 4) is 0 Å². The van der Waals surface area contributed by atoms with Crippen LogP contribution in [0.25, 0.3) is 0 Å². The minimum absolute atomic E-state index is 0.166. The van der Waals surface area contributed by atoms with Crippen molar-refractivity contribution >= 4 is 15.9 Å². The van der Waals surface area contributed by atoms with E-state index in [0.717, 1.165) is 18.0 Å². The third-order valence-electron chi connectivity index (χ3n) is 4.47. The molecule has 0 aliphatic heterocycles. The summed E-state index contributed by atoms with van der Waals surface area (Å²) in [6.45, 7) is 3.11. The molecule has 1 aromatic carbocycles. The van der Waals surface area contributed by atoms with E-state index < -0.39 is 0 Å². The van der Waals surface area contributed by atoms with E-state index in [-0.39, 0.29) is 5.82 Å². The van der Waals surface area contributed by atoms with Gasteiger partial charge in [-0.25, -0.2) is 4.39 Å². The topological polar surface area (TPSA) is 3.24 Å². The van der Waals surface area contributed by atoms with E-state index in [4.69, 9.17) is 0 Å². The molecule has 1 saturated carbocycles. The molecule has 2 rings (SSSR count). The van der Waals surface area contributed by atoms with Crippen LogP contribution in [0.5, 0.6) is 0 Å². The Kier molecular flexibility index (Phi) is 5.40. The Bertz CT molecular complexity index is 413. The molecule has 0 radical (unpaired) electrons. The predicted molar refractivity (Wildman–Crippen MR) is 81.6 cm³/mol. The largest absolute Gasteiger partial charge is 0.299 e. The first-order chi connectivity index (χ1) is 9.11. The Morgan fingerprint density at radius 3 is 2.58 bits per heavy atom. The monoisotopic (exact) mass is 327 g/mol. The van der Waals surface area contributed by atoms with Crippen LogP contribution in [-0.2, 0) is 6.54 Å². The Hall–Kier alpha value is -0.410. The lowest BCUT2D eigenvalue weighted by atomic mass is 9.84. The number of hydrogen-bond donors (Lipinski definition) is 0. The average Bonchev–Trinajstić information content (AvgIpc) is 2.44. The van der Waals surface area contributed by atoms with Gasteiger partial charge in [-0.15, -0.1) is 0 Å². The van der Waals surface area contributed by atoms with Crippen LogP contribution in [0, 0.1) is 11.7 Å². The van der Waals surface area contributed by atoms with Crippen LogP contribution in [-0.4, -0.2) is 18.0 Å². The maximum Gasteiger partial charge on any atom is 0.137 e. The smallest absolute Gasteiger partial charge is 0.137 e. The fraction of sp³-hybridized carbons (Fsp3) is 0.625. The second kappa shape index (κ2) is 6.85. The standard InChI is InChI=1S/C16H23BrFN/c1-3-12-7-9-14(10-8-12)19(2)11-13-5-4-6-15(18)16(13)17/h4-6,12,14H,3,7-11H2,1-2H3. The molecule has 1 fully saturated rings. The lowest BCUT2D eigenvalue weighted by Gasteiger charge is -2.34. The van der Waals surface area contributed by atoms with Gasteiger partial charge in [0, 0.05) is 12.6 Å². The molecule has 19 heavy (non-hydrogen) atoms. The van der Waals surface area contributed by atoms with Crippen molar-refractivity contribution in [1.29, 1.82) is 0 Å². The first-order valence-corrected chi connectivity index (χ1v) is 8.04. The predicted octanol–water partition coefficient (Wildman–Crippen LogP) is 4.99. The number of halogens is 2.